The van der Waals surface area contributed by atoms with Gasteiger partial charge in [-0.15, -0.1) is 0 Å². The van der Waals surface area contributed by atoms with E-state index >= 15 is 0 Å². The van der Waals surface area contributed by atoms with Gasteiger partial charge in [-0.1, -0.05) is 0 Å². The van der Waals surface area contributed by atoms with Crippen molar-refractivity contribution >= 4 is 6.03 Å². The molecule has 138 valence electrons. The van der Waals surface area contributed by atoms with Crippen LogP contribution < -0.4 is 5.56 Å². The van der Waals surface area contributed by atoms with E-state index in [9.17, 15) is 9.59 Å². The number of urea groups is 1. The Morgan fingerprint density at radius 3 is 2.77 bits per heavy atom. The zero-order valence-electron chi connectivity index (χ0n) is 14.6. The van der Waals surface area contributed by atoms with E-state index < -0.39 is 0 Å². The lowest BCUT2D eigenvalue weighted by Crippen LogP contribution is -2.48. The Bertz CT molecular complexity index is 826. The number of aromatic nitrogens is 4. The normalized spacial score (nSPS) is 17.7. The predicted octanol–water partition coefficient (Wildman–Crippen LogP) is 0.146. The number of carbonyl (C=O) groups excluding carboxylic acids is 1. The monoisotopic (exact) mass is 358 g/mol. The molecule has 0 radical (unpaired) electrons. The Labute approximate surface area is 150 Å². The molecule has 2 aliphatic heterocycles. The average Bonchev–Trinajstić information content (AvgIpc) is 3.06. The molecular formula is C17H22N6O3. The van der Waals surface area contributed by atoms with Gasteiger partial charge in [0.1, 0.15) is 5.82 Å². The molecule has 0 spiro atoms. The summed E-state index contributed by atoms with van der Waals surface area (Å²) in [5.41, 5.74) is 0.616. The van der Waals surface area contributed by atoms with Crippen molar-refractivity contribution < 1.29 is 9.53 Å². The summed E-state index contributed by atoms with van der Waals surface area (Å²) in [4.78, 5) is 37.6. The molecule has 26 heavy (non-hydrogen) atoms. The molecule has 4 heterocycles. The van der Waals surface area contributed by atoms with Gasteiger partial charge in [-0.3, -0.25) is 9.36 Å². The van der Waals surface area contributed by atoms with E-state index in [0.29, 0.717) is 64.0 Å². The van der Waals surface area contributed by atoms with E-state index in [2.05, 4.69) is 9.97 Å². The first-order valence-electron chi connectivity index (χ1n) is 8.88. The second-order valence-corrected chi connectivity index (χ2v) is 6.55. The first-order valence-corrected chi connectivity index (χ1v) is 8.88. The Morgan fingerprint density at radius 1 is 1.15 bits per heavy atom. The van der Waals surface area contributed by atoms with Crippen LogP contribution in [0.25, 0.3) is 0 Å². The molecule has 0 unspecified atom stereocenters. The van der Waals surface area contributed by atoms with Crippen LogP contribution in [0.5, 0.6) is 0 Å². The van der Waals surface area contributed by atoms with Gasteiger partial charge in [0.25, 0.3) is 5.56 Å². The van der Waals surface area contributed by atoms with Crippen molar-refractivity contribution in [2.24, 2.45) is 0 Å². The van der Waals surface area contributed by atoms with Crippen molar-refractivity contribution in [1.82, 2.24) is 28.9 Å². The molecule has 0 aromatic carbocycles. The molecule has 0 aliphatic carbocycles. The minimum Gasteiger partial charge on any atom is -0.378 e. The highest BCUT2D eigenvalue weighted by molar-refractivity contribution is 5.74. The zero-order chi connectivity index (χ0) is 17.9. The first-order chi connectivity index (χ1) is 12.7. The van der Waals surface area contributed by atoms with Crippen molar-refractivity contribution in [2.75, 3.05) is 32.8 Å². The fraction of sp³-hybridized carbons (Fsp3) is 0.529. The standard InChI is InChI=1S/C17H22N6O3/c24-16-10-14(11-20-5-2-18-13-20)19-15-12-22(3-1-4-23(15)16)17(25)21-6-8-26-9-7-21/h2,5,10,13H,1,3-4,6-9,11-12H2. The fourth-order valence-corrected chi connectivity index (χ4v) is 3.40. The summed E-state index contributed by atoms with van der Waals surface area (Å²) >= 11 is 0. The van der Waals surface area contributed by atoms with Crippen molar-refractivity contribution in [1.29, 1.82) is 0 Å². The maximum atomic E-state index is 12.8. The summed E-state index contributed by atoms with van der Waals surface area (Å²) in [6.45, 7) is 4.40. The van der Waals surface area contributed by atoms with Gasteiger partial charge in [-0.05, 0) is 6.42 Å². The van der Waals surface area contributed by atoms with Crippen LogP contribution in [0.15, 0.2) is 29.6 Å². The number of imidazole rings is 1. The van der Waals surface area contributed by atoms with E-state index in [-0.39, 0.29) is 11.6 Å². The molecule has 2 aliphatic rings. The summed E-state index contributed by atoms with van der Waals surface area (Å²) in [6.07, 6.45) is 5.96. The molecule has 2 aromatic heterocycles. The minimum atomic E-state index is -0.0641. The molecule has 0 N–H and O–H groups in total. The summed E-state index contributed by atoms with van der Waals surface area (Å²) in [5.74, 6) is 0.645. The molecular weight excluding hydrogens is 336 g/mol. The second-order valence-electron chi connectivity index (χ2n) is 6.55. The van der Waals surface area contributed by atoms with Crippen molar-refractivity contribution in [2.45, 2.75) is 26.1 Å². The van der Waals surface area contributed by atoms with Crippen LogP contribution in [0, 0.1) is 0 Å². The van der Waals surface area contributed by atoms with Crippen LogP contribution in [-0.2, 0) is 24.4 Å². The minimum absolute atomic E-state index is 0.00369. The summed E-state index contributed by atoms with van der Waals surface area (Å²) in [7, 11) is 0. The lowest BCUT2D eigenvalue weighted by molar-refractivity contribution is 0.0426. The number of hydrogen-bond acceptors (Lipinski definition) is 5. The van der Waals surface area contributed by atoms with E-state index in [0.717, 1.165) is 6.42 Å². The predicted molar refractivity (Wildman–Crippen MR) is 92.6 cm³/mol. The lowest BCUT2D eigenvalue weighted by Gasteiger charge is -2.32. The Kier molecular flexibility index (Phi) is 4.70. The van der Waals surface area contributed by atoms with Crippen molar-refractivity contribution in [3.63, 3.8) is 0 Å². The van der Waals surface area contributed by atoms with Gasteiger partial charge >= 0.3 is 6.03 Å². The summed E-state index contributed by atoms with van der Waals surface area (Å²) in [5, 5.41) is 0. The Hall–Kier alpha value is -2.68. The number of morpholine rings is 1. The highest BCUT2D eigenvalue weighted by atomic mass is 16.5. The van der Waals surface area contributed by atoms with Crippen LogP contribution in [0.2, 0.25) is 0 Å². The molecule has 2 aromatic rings. The average molecular weight is 358 g/mol. The van der Waals surface area contributed by atoms with Crippen LogP contribution in [0.1, 0.15) is 17.9 Å². The van der Waals surface area contributed by atoms with E-state index in [4.69, 9.17) is 4.74 Å². The molecule has 2 amide bonds. The van der Waals surface area contributed by atoms with Gasteiger partial charge in [-0.25, -0.2) is 14.8 Å². The fourth-order valence-electron chi connectivity index (χ4n) is 3.40. The quantitative estimate of drug-likeness (QED) is 0.763. The molecule has 9 heteroatoms. The molecule has 1 fully saturated rings. The van der Waals surface area contributed by atoms with Gasteiger partial charge in [-0.2, -0.15) is 0 Å². The van der Waals surface area contributed by atoms with Crippen molar-refractivity contribution in [3.8, 4) is 0 Å². The van der Waals surface area contributed by atoms with Crippen LogP contribution in [0.4, 0.5) is 4.79 Å². The van der Waals surface area contributed by atoms with Gasteiger partial charge in [0, 0.05) is 44.6 Å². The smallest absolute Gasteiger partial charge is 0.320 e. The topological polar surface area (TPSA) is 85.5 Å². The Morgan fingerprint density at radius 2 is 2.00 bits per heavy atom. The summed E-state index contributed by atoms with van der Waals surface area (Å²) < 4.78 is 8.87. The lowest BCUT2D eigenvalue weighted by atomic mass is 10.3. The molecule has 4 rings (SSSR count). The third-order valence-electron chi connectivity index (χ3n) is 4.74. The number of ether oxygens (including phenoxy) is 1. The number of fused-ring (bicyclic) bond motifs is 1. The van der Waals surface area contributed by atoms with Crippen molar-refractivity contribution in [3.05, 3.63) is 46.7 Å². The maximum Gasteiger partial charge on any atom is 0.320 e. The SMILES string of the molecule is O=C(N1CCOCC1)N1CCCn2c(nc(Cn3ccnc3)cc2=O)C1. The largest absolute Gasteiger partial charge is 0.378 e. The zero-order valence-corrected chi connectivity index (χ0v) is 14.6. The van der Waals surface area contributed by atoms with Crippen LogP contribution in [0.3, 0.4) is 0 Å². The molecule has 1 saturated heterocycles. The summed E-state index contributed by atoms with van der Waals surface area (Å²) in [6, 6.07) is 1.57. The van der Waals surface area contributed by atoms with Gasteiger partial charge < -0.3 is 19.1 Å². The number of amides is 2. The number of rotatable bonds is 2. The number of carbonyl (C=O) groups is 1. The molecule has 9 nitrogen and oxygen atoms in total. The Balaban J connectivity index is 1.57. The maximum absolute atomic E-state index is 12.8. The first kappa shape index (κ1) is 16.8. The van der Waals surface area contributed by atoms with E-state index in [1.165, 1.54) is 0 Å². The highest BCUT2D eigenvalue weighted by Crippen LogP contribution is 2.13. The number of nitrogens with zero attached hydrogens (tertiary/aromatic N) is 6. The van der Waals surface area contributed by atoms with E-state index in [1.807, 2.05) is 15.7 Å². The van der Waals surface area contributed by atoms with Gasteiger partial charge in [0.15, 0.2) is 0 Å². The second kappa shape index (κ2) is 7.28. The van der Waals surface area contributed by atoms with Crippen LogP contribution in [-0.4, -0.2) is 67.8 Å². The highest BCUT2D eigenvalue weighted by Gasteiger charge is 2.26. The van der Waals surface area contributed by atoms with Crippen LogP contribution >= 0.6 is 0 Å². The number of hydrogen-bond donors (Lipinski definition) is 0. The third-order valence-corrected chi connectivity index (χ3v) is 4.74. The van der Waals surface area contributed by atoms with Gasteiger partial charge in [0.05, 0.1) is 38.3 Å². The molecule has 0 atom stereocenters. The van der Waals surface area contributed by atoms with Gasteiger partial charge in [0.2, 0.25) is 0 Å². The molecule has 0 saturated carbocycles. The third kappa shape index (κ3) is 3.48. The molecule has 0 bridgehead atoms. The van der Waals surface area contributed by atoms with E-state index in [1.54, 1.807) is 28.1 Å².